The molecule has 0 aromatic rings. The molecule has 0 unspecified atom stereocenters. The van der Waals surface area contributed by atoms with E-state index in [4.69, 9.17) is 18.3 Å². The third kappa shape index (κ3) is 14.5. The van der Waals surface area contributed by atoms with Crippen LogP contribution >= 0.6 is 0 Å². The van der Waals surface area contributed by atoms with E-state index in [1.807, 2.05) is 33.9 Å². The Labute approximate surface area is 254 Å². The summed E-state index contributed by atoms with van der Waals surface area (Å²) in [5.74, 6) is -0.552. The van der Waals surface area contributed by atoms with Crippen LogP contribution in [0.1, 0.15) is 82.1 Å². The number of hydrogen-bond acceptors (Lipinski definition) is 8. The van der Waals surface area contributed by atoms with Crippen LogP contribution in [-0.4, -0.2) is 68.3 Å². The number of methoxy groups -OCH3 is 2. The lowest BCUT2D eigenvalue weighted by atomic mass is 9.90. The van der Waals surface area contributed by atoms with Crippen LogP contribution in [0.3, 0.4) is 0 Å². The summed E-state index contributed by atoms with van der Waals surface area (Å²) in [4.78, 5) is 27.9. The molecule has 0 heterocycles. The molecular formula is C31H62N2O6Si2. The van der Waals surface area contributed by atoms with E-state index >= 15 is 0 Å². The SMILES string of the molecule is CN=C[C@H](C[C@H](C(=O)OC)C(C)C)O[Si](C)(C)C(C)(C)C.COC(=O)[C@@H](C[C@@H](C#N)O[Si](C)(C)C(C)(C)C)C(C)C. The van der Waals surface area contributed by atoms with E-state index in [9.17, 15) is 14.9 Å². The molecule has 0 aliphatic rings. The van der Waals surface area contributed by atoms with Gasteiger partial charge in [-0.25, -0.2) is 0 Å². The lowest BCUT2D eigenvalue weighted by Crippen LogP contribution is -2.45. The fraction of sp³-hybridized carbons (Fsp3) is 0.871. The lowest BCUT2D eigenvalue weighted by Gasteiger charge is -2.39. The number of nitriles is 1. The molecule has 0 saturated heterocycles. The first-order valence-electron chi connectivity index (χ1n) is 14.8. The van der Waals surface area contributed by atoms with E-state index in [1.54, 1.807) is 7.05 Å². The molecule has 41 heavy (non-hydrogen) atoms. The number of rotatable bonds is 13. The number of esters is 2. The van der Waals surface area contributed by atoms with E-state index in [2.05, 4.69) is 78.8 Å². The number of hydrogen-bond donors (Lipinski definition) is 0. The van der Waals surface area contributed by atoms with Gasteiger partial charge in [-0.2, -0.15) is 5.26 Å². The Morgan fingerprint density at radius 1 is 0.780 bits per heavy atom. The zero-order valence-corrected chi connectivity index (χ0v) is 31.3. The lowest BCUT2D eigenvalue weighted by molar-refractivity contribution is -0.148. The fourth-order valence-electron chi connectivity index (χ4n) is 3.59. The Morgan fingerprint density at radius 3 is 1.44 bits per heavy atom. The molecule has 0 aliphatic heterocycles. The van der Waals surface area contributed by atoms with Gasteiger partial charge in [0.2, 0.25) is 0 Å². The largest absolute Gasteiger partial charge is 0.469 e. The van der Waals surface area contributed by atoms with Crippen LogP contribution < -0.4 is 0 Å². The second kappa shape index (κ2) is 17.5. The maximum absolute atomic E-state index is 11.9. The molecule has 0 aromatic heterocycles. The van der Waals surface area contributed by atoms with Gasteiger partial charge in [-0.1, -0.05) is 69.2 Å². The van der Waals surface area contributed by atoms with Crippen molar-refractivity contribution >= 4 is 34.8 Å². The molecule has 0 spiro atoms. The molecule has 0 saturated carbocycles. The van der Waals surface area contributed by atoms with Crippen LogP contribution in [0.4, 0.5) is 0 Å². The molecule has 240 valence electrons. The molecule has 8 nitrogen and oxygen atoms in total. The number of carbonyl (C=O) groups is 2. The second-order valence-corrected chi connectivity index (χ2v) is 24.1. The predicted octanol–water partition coefficient (Wildman–Crippen LogP) is 7.65. The van der Waals surface area contributed by atoms with Crippen molar-refractivity contribution < 1.29 is 27.9 Å². The molecule has 10 heteroatoms. The van der Waals surface area contributed by atoms with Crippen LogP contribution in [0, 0.1) is 35.0 Å². The highest BCUT2D eigenvalue weighted by atomic mass is 28.4. The van der Waals surface area contributed by atoms with Crippen LogP contribution in [0.5, 0.6) is 0 Å². The quantitative estimate of drug-likeness (QED) is 0.119. The van der Waals surface area contributed by atoms with E-state index in [0.717, 1.165) is 0 Å². The van der Waals surface area contributed by atoms with Gasteiger partial charge in [0.15, 0.2) is 16.6 Å². The number of ether oxygens (including phenoxy) is 2. The van der Waals surface area contributed by atoms with Crippen molar-refractivity contribution in [1.82, 2.24) is 0 Å². The minimum atomic E-state index is -2.01. The molecule has 0 bridgehead atoms. The number of aliphatic imine (C=N–C) groups is 1. The Hall–Kier alpha value is -1.55. The molecule has 0 N–H and O–H groups in total. The summed E-state index contributed by atoms with van der Waals surface area (Å²) in [7, 11) is 0.658. The highest BCUT2D eigenvalue weighted by Crippen LogP contribution is 2.39. The van der Waals surface area contributed by atoms with Gasteiger partial charge < -0.3 is 18.3 Å². The van der Waals surface area contributed by atoms with Crippen LogP contribution in [0.15, 0.2) is 4.99 Å². The Morgan fingerprint density at radius 2 is 1.15 bits per heavy atom. The highest BCUT2D eigenvalue weighted by Gasteiger charge is 2.41. The maximum atomic E-state index is 11.9. The van der Waals surface area contributed by atoms with Gasteiger partial charge in [-0.3, -0.25) is 14.6 Å². The average Bonchev–Trinajstić information content (AvgIpc) is 2.82. The Balaban J connectivity index is 0. The molecular weight excluding hydrogens is 553 g/mol. The minimum Gasteiger partial charge on any atom is -0.469 e. The molecule has 0 radical (unpaired) electrons. The maximum Gasteiger partial charge on any atom is 0.309 e. The zero-order valence-electron chi connectivity index (χ0n) is 29.3. The predicted molar refractivity (Wildman–Crippen MR) is 174 cm³/mol. The number of nitrogens with zero attached hydrogens (tertiary/aromatic N) is 2. The molecule has 4 atom stereocenters. The zero-order chi connectivity index (χ0) is 33.0. The van der Waals surface area contributed by atoms with Gasteiger partial charge in [0, 0.05) is 13.3 Å². The van der Waals surface area contributed by atoms with Crippen molar-refractivity contribution in [2.75, 3.05) is 21.3 Å². The summed E-state index contributed by atoms with van der Waals surface area (Å²) in [5, 5.41) is 9.51. The van der Waals surface area contributed by atoms with Crippen molar-refractivity contribution in [2.45, 2.75) is 131 Å². The summed E-state index contributed by atoms with van der Waals surface area (Å²) in [6.45, 7) is 29.7. The first-order chi connectivity index (χ1) is 18.4. The summed E-state index contributed by atoms with van der Waals surface area (Å²) in [6, 6.07) is 2.20. The molecule has 0 amide bonds. The Kier molecular flexibility index (Phi) is 17.8. The van der Waals surface area contributed by atoms with Crippen LogP contribution in [-0.2, 0) is 27.9 Å². The molecule has 0 aliphatic carbocycles. The van der Waals surface area contributed by atoms with Gasteiger partial charge in [-0.05, 0) is 60.9 Å². The van der Waals surface area contributed by atoms with Crippen molar-refractivity contribution in [2.24, 2.45) is 28.7 Å². The normalized spacial score (nSPS) is 16.0. The second-order valence-electron chi connectivity index (χ2n) is 14.5. The summed E-state index contributed by atoms with van der Waals surface area (Å²) in [6.07, 6.45) is 2.14. The van der Waals surface area contributed by atoms with Crippen molar-refractivity contribution in [3.05, 3.63) is 0 Å². The van der Waals surface area contributed by atoms with E-state index < -0.39 is 22.7 Å². The highest BCUT2D eigenvalue weighted by molar-refractivity contribution is 6.74. The molecule has 0 aromatic carbocycles. The monoisotopic (exact) mass is 614 g/mol. The van der Waals surface area contributed by atoms with Crippen LogP contribution in [0.25, 0.3) is 0 Å². The third-order valence-electron chi connectivity index (χ3n) is 8.53. The van der Waals surface area contributed by atoms with E-state index in [0.29, 0.717) is 12.8 Å². The summed E-state index contributed by atoms with van der Waals surface area (Å²) in [5.41, 5.74) is 0. The topological polar surface area (TPSA) is 107 Å². The van der Waals surface area contributed by atoms with Gasteiger partial charge in [0.05, 0.1) is 38.2 Å². The first-order valence-corrected chi connectivity index (χ1v) is 20.6. The third-order valence-corrected chi connectivity index (χ3v) is 17.5. The van der Waals surface area contributed by atoms with E-state index in [-0.39, 0.29) is 51.8 Å². The molecule has 0 fully saturated rings. The van der Waals surface area contributed by atoms with Crippen molar-refractivity contribution in [3.63, 3.8) is 0 Å². The number of carbonyl (C=O) groups excluding carboxylic acids is 2. The van der Waals surface area contributed by atoms with Gasteiger partial charge in [0.25, 0.3) is 0 Å². The van der Waals surface area contributed by atoms with Crippen LogP contribution in [0.2, 0.25) is 36.3 Å². The minimum absolute atomic E-state index is 0.0424. The van der Waals surface area contributed by atoms with E-state index in [1.165, 1.54) is 14.2 Å². The van der Waals surface area contributed by atoms with Crippen molar-refractivity contribution in [1.29, 1.82) is 5.26 Å². The smallest absolute Gasteiger partial charge is 0.309 e. The summed E-state index contributed by atoms with van der Waals surface area (Å²) < 4.78 is 22.2. The first kappa shape index (κ1) is 41.6. The fourth-order valence-corrected chi connectivity index (χ4v) is 6.07. The van der Waals surface area contributed by atoms with Crippen molar-refractivity contribution in [3.8, 4) is 6.07 Å². The van der Waals surface area contributed by atoms with Gasteiger partial charge in [-0.15, -0.1) is 0 Å². The van der Waals surface area contributed by atoms with Gasteiger partial charge >= 0.3 is 11.9 Å². The average molecular weight is 615 g/mol. The molecule has 0 rings (SSSR count). The summed E-state index contributed by atoms with van der Waals surface area (Å²) >= 11 is 0. The Bertz CT molecular complexity index is 867. The van der Waals surface area contributed by atoms with Gasteiger partial charge in [0.1, 0.15) is 6.10 Å². The standard InChI is InChI=1S/C16H33NO3Si.C15H29NO3Si/c1-12(2)14(15(18)19-7)10-13(11-17-6)20-21(8,9)16(3,4)5;1-11(2)13(14(17)18-6)9-12(10-16)19-20(7,8)15(3,4)5/h11-14H,10H2,1-9H3;11-13H,9H2,1-8H3/t13-,14-;12-,13-/m00/s1.